The molecule has 0 spiro atoms. The first-order valence-electron chi connectivity index (χ1n) is 4.44. The Bertz CT molecular complexity index is 419. The van der Waals surface area contributed by atoms with Crippen LogP contribution in [0.25, 0.3) is 11.5 Å². The van der Waals surface area contributed by atoms with Crippen LogP contribution in [0.15, 0.2) is 22.1 Å². The zero-order valence-electron chi connectivity index (χ0n) is 8.20. The molecule has 0 radical (unpaired) electrons. The number of thiophene rings is 1. The van der Waals surface area contributed by atoms with E-state index in [1.165, 1.54) is 4.88 Å². The van der Waals surface area contributed by atoms with E-state index in [0.29, 0.717) is 5.89 Å². The molecule has 2 aromatic heterocycles. The molecule has 2 heterocycles. The third kappa shape index (κ3) is 1.86. The van der Waals surface area contributed by atoms with Crippen molar-refractivity contribution in [3.05, 3.63) is 28.3 Å². The van der Waals surface area contributed by atoms with Crippen molar-refractivity contribution in [2.45, 2.75) is 13.5 Å². The maximum atomic E-state index is 5.37. The maximum absolute atomic E-state index is 5.37. The Balaban J connectivity index is 2.24. The zero-order chi connectivity index (χ0) is 9.97. The molecule has 0 fully saturated rings. The Hall–Kier alpha value is -1.13. The van der Waals surface area contributed by atoms with Gasteiger partial charge in [-0.15, -0.1) is 11.3 Å². The van der Waals surface area contributed by atoms with Crippen molar-refractivity contribution < 1.29 is 4.42 Å². The first-order chi connectivity index (χ1) is 6.79. The van der Waals surface area contributed by atoms with Crippen LogP contribution in [-0.2, 0) is 6.54 Å². The molecular weight excluding hydrogens is 196 g/mol. The van der Waals surface area contributed by atoms with E-state index in [1.54, 1.807) is 17.6 Å². The fraction of sp³-hybridized carbons (Fsp3) is 0.300. The number of hydrogen-bond acceptors (Lipinski definition) is 4. The van der Waals surface area contributed by atoms with Crippen LogP contribution < -0.4 is 5.32 Å². The molecule has 0 amide bonds. The summed E-state index contributed by atoms with van der Waals surface area (Å²) in [6.07, 6.45) is 1.69. The van der Waals surface area contributed by atoms with Gasteiger partial charge in [-0.3, -0.25) is 0 Å². The fourth-order valence-corrected chi connectivity index (χ4v) is 1.93. The third-order valence-corrected chi connectivity index (χ3v) is 2.75. The molecule has 0 bridgehead atoms. The SMILES string of the molecule is CNCc1coc(-c2csc(C)c2)n1. The number of aryl methyl sites for hydroxylation is 1. The van der Waals surface area contributed by atoms with Crippen molar-refractivity contribution in [3.63, 3.8) is 0 Å². The van der Waals surface area contributed by atoms with Gasteiger partial charge in [0.25, 0.3) is 0 Å². The second-order valence-electron chi connectivity index (χ2n) is 3.12. The van der Waals surface area contributed by atoms with Crippen LogP contribution in [0, 0.1) is 6.92 Å². The molecule has 2 rings (SSSR count). The lowest BCUT2D eigenvalue weighted by Gasteiger charge is -1.89. The molecule has 0 unspecified atom stereocenters. The molecule has 0 aromatic carbocycles. The van der Waals surface area contributed by atoms with Crippen LogP contribution in [0.2, 0.25) is 0 Å². The van der Waals surface area contributed by atoms with Crippen LogP contribution in [-0.4, -0.2) is 12.0 Å². The predicted molar refractivity (Wildman–Crippen MR) is 57.3 cm³/mol. The van der Waals surface area contributed by atoms with Crippen molar-refractivity contribution in [2.75, 3.05) is 7.05 Å². The smallest absolute Gasteiger partial charge is 0.227 e. The van der Waals surface area contributed by atoms with E-state index in [0.717, 1.165) is 17.8 Å². The Morgan fingerprint density at radius 1 is 1.57 bits per heavy atom. The highest BCUT2D eigenvalue weighted by Crippen LogP contribution is 2.24. The minimum Gasteiger partial charge on any atom is -0.444 e. The largest absolute Gasteiger partial charge is 0.444 e. The van der Waals surface area contributed by atoms with E-state index in [9.17, 15) is 0 Å². The Labute approximate surface area is 86.8 Å². The molecule has 2 aromatic rings. The van der Waals surface area contributed by atoms with E-state index in [-0.39, 0.29) is 0 Å². The van der Waals surface area contributed by atoms with Crippen molar-refractivity contribution in [2.24, 2.45) is 0 Å². The van der Waals surface area contributed by atoms with Gasteiger partial charge in [-0.25, -0.2) is 4.98 Å². The number of hydrogen-bond donors (Lipinski definition) is 1. The molecular formula is C10H12N2OS. The molecule has 0 aliphatic rings. The van der Waals surface area contributed by atoms with Crippen LogP contribution in [0.1, 0.15) is 10.6 Å². The number of nitrogens with zero attached hydrogens (tertiary/aromatic N) is 1. The molecule has 0 saturated carbocycles. The second-order valence-corrected chi connectivity index (χ2v) is 4.24. The van der Waals surface area contributed by atoms with Crippen LogP contribution in [0.5, 0.6) is 0 Å². The van der Waals surface area contributed by atoms with Gasteiger partial charge in [0.15, 0.2) is 0 Å². The highest BCUT2D eigenvalue weighted by atomic mass is 32.1. The highest BCUT2D eigenvalue weighted by Gasteiger charge is 2.07. The summed E-state index contributed by atoms with van der Waals surface area (Å²) in [5, 5.41) is 5.09. The van der Waals surface area contributed by atoms with Gasteiger partial charge in [0.2, 0.25) is 5.89 Å². The van der Waals surface area contributed by atoms with Crippen molar-refractivity contribution >= 4 is 11.3 Å². The van der Waals surface area contributed by atoms with Crippen molar-refractivity contribution in [1.82, 2.24) is 10.3 Å². The number of rotatable bonds is 3. The fourth-order valence-electron chi connectivity index (χ4n) is 1.26. The normalized spacial score (nSPS) is 10.7. The number of nitrogens with one attached hydrogen (secondary N) is 1. The predicted octanol–water partition coefficient (Wildman–Crippen LogP) is 2.43. The Morgan fingerprint density at radius 3 is 3.07 bits per heavy atom. The van der Waals surface area contributed by atoms with Gasteiger partial charge in [-0.05, 0) is 20.0 Å². The molecule has 1 N–H and O–H groups in total. The van der Waals surface area contributed by atoms with Gasteiger partial charge in [-0.1, -0.05) is 0 Å². The summed E-state index contributed by atoms with van der Waals surface area (Å²) in [6, 6.07) is 2.08. The standard InChI is InChI=1S/C10H12N2OS/c1-7-3-8(6-14-7)10-12-9(4-11-2)5-13-10/h3,5-6,11H,4H2,1-2H3. The van der Waals surface area contributed by atoms with E-state index in [1.807, 2.05) is 7.05 Å². The molecule has 0 saturated heterocycles. The number of oxazole rings is 1. The van der Waals surface area contributed by atoms with Gasteiger partial charge in [0.1, 0.15) is 6.26 Å². The van der Waals surface area contributed by atoms with E-state index in [2.05, 4.69) is 28.7 Å². The lowest BCUT2D eigenvalue weighted by atomic mass is 10.3. The first kappa shape index (κ1) is 9.43. The van der Waals surface area contributed by atoms with Gasteiger partial charge in [0, 0.05) is 22.4 Å². The van der Waals surface area contributed by atoms with Gasteiger partial charge >= 0.3 is 0 Å². The zero-order valence-corrected chi connectivity index (χ0v) is 9.02. The van der Waals surface area contributed by atoms with Crippen LogP contribution >= 0.6 is 11.3 Å². The van der Waals surface area contributed by atoms with Crippen molar-refractivity contribution in [1.29, 1.82) is 0 Å². The lowest BCUT2D eigenvalue weighted by molar-refractivity contribution is 0.572. The summed E-state index contributed by atoms with van der Waals surface area (Å²) >= 11 is 1.71. The Kier molecular flexibility index (Phi) is 2.65. The maximum Gasteiger partial charge on any atom is 0.227 e. The average molecular weight is 208 g/mol. The monoisotopic (exact) mass is 208 g/mol. The lowest BCUT2D eigenvalue weighted by Crippen LogP contribution is -2.04. The first-order valence-corrected chi connectivity index (χ1v) is 5.32. The summed E-state index contributed by atoms with van der Waals surface area (Å²) in [5.41, 5.74) is 2.00. The molecule has 0 aliphatic heterocycles. The molecule has 74 valence electrons. The molecule has 0 atom stereocenters. The summed E-state index contributed by atoms with van der Waals surface area (Å²) in [4.78, 5) is 5.63. The molecule has 4 heteroatoms. The van der Waals surface area contributed by atoms with Crippen LogP contribution in [0.4, 0.5) is 0 Å². The van der Waals surface area contributed by atoms with Crippen molar-refractivity contribution in [3.8, 4) is 11.5 Å². The van der Waals surface area contributed by atoms with Gasteiger partial charge < -0.3 is 9.73 Å². The van der Waals surface area contributed by atoms with Crippen LogP contribution in [0.3, 0.4) is 0 Å². The van der Waals surface area contributed by atoms with E-state index in [4.69, 9.17) is 4.42 Å². The summed E-state index contributed by atoms with van der Waals surface area (Å²) in [5.74, 6) is 0.708. The average Bonchev–Trinajstić information content (AvgIpc) is 2.74. The summed E-state index contributed by atoms with van der Waals surface area (Å²) in [6.45, 7) is 2.82. The van der Waals surface area contributed by atoms with E-state index < -0.39 is 0 Å². The minimum absolute atomic E-state index is 0.708. The highest BCUT2D eigenvalue weighted by molar-refractivity contribution is 7.10. The molecule has 14 heavy (non-hydrogen) atoms. The van der Waals surface area contributed by atoms with Gasteiger partial charge in [0.05, 0.1) is 5.69 Å². The quantitative estimate of drug-likeness (QED) is 0.841. The summed E-state index contributed by atoms with van der Waals surface area (Å²) in [7, 11) is 1.89. The van der Waals surface area contributed by atoms with E-state index >= 15 is 0 Å². The summed E-state index contributed by atoms with van der Waals surface area (Å²) < 4.78 is 5.37. The topological polar surface area (TPSA) is 38.1 Å². The minimum atomic E-state index is 0.708. The Morgan fingerprint density at radius 2 is 2.43 bits per heavy atom. The number of aromatic nitrogens is 1. The second kappa shape index (κ2) is 3.94. The van der Waals surface area contributed by atoms with Gasteiger partial charge in [-0.2, -0.15) is 0 Å². The third-order valence-electron chi connectivity index (χ3n) is 1.89. The molecule has 0 aliphatic carbocycles. The molecule has 3 nitrogen and oxygen atoms in total.